The molecule has 0 heterocycles. The van der Waals surface area contributed by atoms with Crippen LogP contribution >= 0.6 is 11.6 Å². The van der Waals surface area contributed by atoms with Crippen LogP contribution in [0.3, 0.4) is 0 Å². The smallest absolute Gasteiger partial charge is 0.453 e. The van der Waals surface area contributed by atoms with Crippen molar-refractivity contribution in [1.82, 2.24) is 4.90 Å². The van der Waals surface area contributed by atoms with E-state index in [4.69, 9.17) is 25.8 Å². The first kappa shape index (κ1) is 32.1. The topological polar surface area (TPSA) is 85.3 Å². The number of carboxylic acid groups (broad SMARTS) is 1. The van der Waals surface area contributed by atoms with Crippen molar-refractivity contribution < 1.29 is 50.9 Å². The molecule has 1 N–H and O–H groups in total. The van der Waals surface area contributed by atoms with Gasteiger partial charge in [-0.1, -0.05) is 35.9 Å². The fourth-order valence-corrected chi connectivity index (χ4v) is 3.57. The van der Waals surface area contributed by atoms with E-state index in [1.54, 1.807) is 43.3 Å². The molecular formula is C26H29ClF5NO6. The van der Waals surface area contributed by atoms with E-state index in [2.05, 4.69) is 0 Å². The van der Waals surface area contributed by atoms with Gasteiger partial charge in [0, 0.05) is 26.0 Å². The number of carboxylic acids is 1. The molecule has 1 unspecified atom stereocenters. The van der Waals surface area contributed by atoms with Gasteiger partial charge < -0.3 is 24.2 Å². The molecule has 0 aliphatic carbocycles. The third kappa shape index (κ3) is 10.5. The molecule has 1 amide bonds. The van der Waals surface area contributed by atoms with E-state index in [0.29, 0.717) is 11.3 Å². The van der Waals surface area contributed by atoms with E-state index >= 15 is 0 Å². The van der Waals surface area contributed by atoms with Gasteiger partial charge in [0.05, 0.1) is 11.6 Å². The van der Waals surface area contributed by atoms with Gasteiger partial charge in [0.15, 0.2) is 11.9 Å². The maximum absolute atomic E-state index is 13.2. The summed E-state index contributed by atoms with van der Waals surface area (Å²) in [5.74, 6) is -5.44. The standard InChI is InChI=1S/C26H29ClF5NO6/c1-2-37-22(23(34)35)17-18-9-11-19(12-10-18)38-16-15-33(14-6-5-13-25(28,29)26(30,31)32)24(36)39-21-8-4-3-7-20(21)27/h3-4,7-12,22H,2,5-6,13-17H2,1H3,(H,34,35). The number of ether oxygens (including phenoxy) is 3. The largest absolute Gasteiger partial charge is 0.492 e. The van der Waals surface area contributed by atoms with Gasteiger partial charge >= 0.3 is 24.2 Å². The zero-order chi connectivity index (χ0) is 29.1. The third-order valence-corrected chi connectivity index (χ3v) is 5.81. The molecule has 216 valence electrons. The van der Waals surface area contributed by atoms with Gasteiger partial charge in [-0.25, -0.2) is 9.59 Å². The summed E-state index contributed by atoms with van der Waals surface area (Å²) in [5, 5.41) is 9.36. The van der Waals surface area contributed by atoms with Gasteiger partial charge in [-0.2, -0.15) is 22.0 Å². The van der Waals surface area contributed by atoms with Crippen LogP contribution in [0.4, 0.5) is 26.7 Å². The minimum Gasteiger partial charge on any atom is -0.492 e. The zero-order valence-corrected chi connectivity index (χ0v) is 21.8. The Balaban J connectivity index is 1.97. The molecule has 13 heteroatoms. The number of halogens is 6. The molecule has 2 aromatic rings. The number of rotatable bonds is 15. The first-order chi connectivity index (χ1) is 18.3. The van der Waals surface area contributed by atoms with Gasteiger partial charge in [0.2, 0.25) is 0 Å². The number of carbonyl (C=O) groups excluding carboxylic acids is 1. The van der Waals surface area contributed by atoms with E-state index in [9.17, 15) is 36.6 Å². The van der Waals surface area contributed by atoms with Crippen molar-refractivity contribution in [3.05, 3.63) is 59.1 Å². The van der Waals surface area contributed by atoms with Crippen molar-refractivity contribution >= 4 is 23.7 Å². The van der Waals surface area contributed by atoms with Gasteiger partial charge in [-0.05, 0) is 49.6 Å². The lowest BCUT2D eigenvalue weighted by atomic mass is 10.1. The summed E-state index contributed by atoms with van der Waals surface area (Å²) < 4.78 is 79.8. The van der Waals surface area contributed by atoms with E-state index in [0.717, 1.165) is 4.90 Å². The molecule has 0 fully saturated rings. The molecule has 1 atom stereocenters. The highest BCUT2D eigenvalue weighted by molar-refractivity contribution is 6.32. The van der Waals surface area contributed by atoms with E-state index in [-0.39, 0.29) is 49.9 Å². The Kier molecular flexibility index (Phi) is 12.2. The Bertz CT molecular complexity index is 1070. The molecule has 2 aromatic carbocycles. The van der Waals surface area contributed by atoms with E-state index < -0.39 is 43.1 Å². The third-order valence-electron chi connectivity index (χ3n) is 5.49. The molecule has 0 radical (unpaired) electrons. The summed E-state index contributed by atoms with van der Waals surface area (Å²) in [6, 6.07) is 12.7. The Hall–Kier alpha value is -3.12. The summed E-state index contributed by atoms with van der Waals surface area (Å²) in [4.78, 5) is 25.1. The molecule has 39 heavy (non-hydrogen) atoms. The molecule has 0 aliphatic rings. The number of aliphatic carboxylic acids is 1. The molecule has 0 bridgehead atoms. The van der Waals surface area contributed by atoms with Crippen LogP contribution < -0.4 is 9.47 Å². The van der Waals surface area contributed by atoms with Crippen LogP contribution in [-0.4, -0.2) is 66.6 Å². The van der Waals surface area contributed by atoms with Crippen LogP contribution in [0.1, 0.15) is 31.7 Å². The first-order valence-electron chi connectivity index (χ1n) is 12.1. The summed E-state index contributed by atoms with van der Waals surface area (Å²) in [7, 11) is 0. The quantitative estimate of drug-likeness (QED) is 0.188. The highest BCUT2D eigenvalue weighted by Gasteiger charge is 2.56. The highest BCUT2D eigenvalue weighted by atomic mass is 35.5. The second kappa shape index (κ2) is 14.9. The molecule has 0 spiro atoms. The summed E-state index contributed by atoms with van der Waals surface area (Å²) in [5.41, 5.74) is 0.698. The van der Waals surface area contributed by atoms with Gasteiger partial charge in [0.1, 0.15) is 12.4 Å². The molecule has 2 rings (SSSR count). The summed E-state index contributed by atoms with van der Waals surface area (Å²) in [6.07, 6.45) is -9.38. The first-order valence-corrected chi connectivity index (χ1v) is 12.4. The van der Waals surface area contributed by atoms with Gasteiger partial charge in [-0.3, -0.25) is 0 Å². The van der Waals surface area contributed by atoms with E-state index in [1.165, 1.54) is 12.1 Å². The summed E-state index contributed by atoms with van der Waals surface area (Å²) in [6.45, 7) is 1.67. The number of alkyl halides is 5. The van der Waals surface area contributed by atoms with E-state index in [1.807, 2.05) is 0 Å². The van der Waals surface area contributed by atoms with Crippen LogP contribution in [0.25, 0.3) is 0 Å². The van der Waals surface area contributed by atoms with Gasteiger partial charge in [-0.15, -0.1) is 0 Å². The number of nitrogens with zero attached hydrogens (tertiary/aromatic N) is 1. The maximum atomic E-state index is 13.2. The number of hydrogen-bond donors (Lipinski definition) is 1. The second-order valence-electron chi connectivity index (χ2n) is 8.42. The van der Waals surface area contributed by atoms with Crippen molar-refractivity contribution in [2.45, 2.75) is 50.8 Å². The van der Waals surface area contributed by atoms with Crippen LogP contribution in [0.2, 0.25) is 5.02 Å². The number of carbonyl (C=O) groups is 2. The highest BCUT2D eigenvalue weighted by Crippen LogP contribution is 2.39. The predicted octanol–water partition coefficient (Wildman–Crippen LogP) is 6.62. The summed E-state index contributed by atoms with van der Waals surface area (Å²) >= 11 is 6.01. The van der Waals surface area contributed by atoms with Crippen molar-refractivity contribution in [2.75, 3.05) is 26.3 Å². The Morgan fingerprint density at radius 3 is 2.26 bits per heavy atom. The molecule has 0 saturated carbocycles. The number of amides is 1. The van der Waals surface area contributed by atoms with Crippen LogP contribution in [0, 0.1) is 0 Å². The lowest BCUT2D eigenvalue weighted by molar-refractivity contribution is -0.284. The molecule has 0 saturated heterocycles. The predicted molar refractivity (Wildman–Crippen MR) is 133 cm³/mol. The number of benzene rings is 2. The molecule has 0 aliphatic heterocycles. The lowest BCUT2D eigenvalue weighted by Crippen LogP contribution is -2.38. The second-order valence-corrected chi connectivity index (χ2v) is 8.83. The zero-order valence-electron chi connectivity index (χ0n) is 21.1. The fourth-order valence-electron chi connectivity index (χ4n) is 3.40. The van der Waals surface area contributed by atoms with Crippen molar-refractivity contribution in [3.63, 3.8) is 0 Å². The molecule has 7 nitrogen and oxygen atoms in total. The fraction of sp³-hybridized carbons (Fsp3) is 0.462. The molecular weight excluding hydrogens is 553 g/mol. The lowest BCUT2D eigenvalue weighted by Gasteiger charge is -2.23. The Labute approximate surface area is 227 Å². The van der Waals surface area contributed by atoms with Gasteiger partial charge in [0.25, 0.3) is 0 Å². The minimum atomic E-state index is -5.64. The number of hydrogen-bond acceptors (Lipinski definition) is 5. The molecule has 0 aromatic heterocycles. The van der Waals surface area contributed by atoms with Crippen molar-refractivity contribution in [1.29, 1.82) is 0 Å². The Morgan fingerprint density at radius 1 is 1.00 bits per heavy atom. The minimum absolute atomic E-state index is 0.0492. The normalized spacial score (nSPS) is 12.6. The van der Waals surface area contributed by atoms with Crippen molar-refractivity contribution in [2.24, 2.45) is 0 Å². The average Bonchev–Trinajstić information content (AvgIpc) is 2.86. The number of unbranched alkanes of at least 4 members (excludes halogenated alkanes) is 1. The SMILES string of the molecule is CCOC(Cc1ccc(OCCN(CCCCC(F)(F)C(F)(F)F)C(=O)Oc2ccccc2Cl)cc1)C(=O)O. The average molecular weight is 582 g/mol. The van der Waals surface area contributed by atoms with Crippen LogP contribution in [-0.2, 0) is 16.0 Å². The Morgan fingerprint density at radius 2 is 1.67 bits per heavy atom. The monoisotopic (exact) mass is 581 g/mol. The van der Waals surface area contributed by atoms with Crippen molar-refractivity contribution in [3.8, 4) is 11.5 Å². The number of para-hydroxylation sites is 1. The van der Waals surface area contributed by atoms with Crippen LogP contribution in [0.15, 0.2) is 48.5 Å². The maximum Gasteiger partial charge on any atom is 0.453 e. The van der Waals surface area contributed by atoms with Crippen LogP contribution in [0.5, 0.6) is 11.5 Å².